The second-order valence-corrected chi connectivity index (χ2v) is 7.92. The lowest BCUT2D eigenvalue weighted by molar-refractivity contribution is -0.115. The first-order chi connectivity index (χ1) is 13.5. The van der Waals surface area contributed by atoms with E-state index in [2.05, 4.69) is 24.5 Å². The lowest BCUT2D eigenvalue weighted by Gasteiger charge is -2.14. The van der Waals surface area contributed by atoms with E-state index in [1.54, 1.807) is 24.5 Å². The summed E-state index contributed by atoms with van der Waals surface area (Å²) in [7, 11) is 1.62. The number of nitrogens with one attached hydrogen (secondary N) is 2. The molecule has 0 radical (unpaired) electrons. The van der Waals surface area contributed by atoms with Crippen LogP contribution in [0.5, 0.6) is 11.5 Å². The first-order valence-electron chi connectivity index (χ1n) is 9.08. The Bertz CT molecular complexity index is 802. The van der Waals surface area contributed by atoms with Crippen molar-refractivity contribution in [1.29, 1.82) is 0 Å². The molecule has 1 aromatic heterocycles. The summed E-state index contributed by atoms with van der Waals surface area (Å²) in [5.41, 5.74) is 0.971. The zero-order valence-corrected chi connectivity index (χ0v) is 18.0. The van der Waals surface area contributed by atoms with Crippen molar-refractivity contribution in [2.45, 2.75) is 26.8 Å². The molecule has 1 aromatic carbocycles. The Labute approximate surface area is 175 Å². The van der Waals surface area contributed by atoms with Crippen LogP contribution in [0.25, 0.3) is 6.08 Å². The van der Waals surface area contributed by atoms with E-state index in [-0.39, 0.29) is 11.0 Å². The molecule has 0 fully saturated rings. The molecule has 7 heteroatoms. The second-order valence-electron chi connectivity index (χ2n) is 6.54. The highest BCUT2D eigenvalue weighted by atomic mass is 32.1. The molecular weight excluding hydrogens is 392 g/mol. The second kappa shape index (κ2) is 11.5. The van der Waals surface area contributed by atoms with Gasteiger partial charge in [0, 0.05) is 17.5 Å². The summed E-state index contributed by atoms with van der Waals surface area (Å²) in [6.45, 7) is 5.45. The van der Waals surface area contributed by atoms with Gasteiger partial charge < -0.3 is 14.8 Å². The third kappa shape index (κ3) is 7.70. The van der Waals surface area contributed by atoms with Gasteiger partial charge in [-0.1, -0.05) is 26.0 Å². The molecule has 0 aliphatic carbocycles. The number of benzene rings is 1. The van der Waals surface area contributed by atoms with Crippen molar-refractivity contribution in [2.75, 3.05) is 13.7 Å². The minimum absolute atomic E-state index is 0.266. The third-order valence-corrected chi connectivity index (χ3v) is 4.90. The average molecular weight is 419 g/mol. The number of amides is 1. The van der Waals surface area contributed by atoms with Gasteiger partial charge >= 0.3 is 0 Å². The van der Waals surface area contributed by atoms with E-state index < -0.39 is 0 Å². The van der Waals surface area contributed by atoms with Gasteiger partial charge in [0.15, 0.2) is 16.6 Å². The molecular formula is C21H26N2O3S2. The van der Waals surface area contributed by atoms with E-state index in [1.165, 1.54) is 6.08 Å². The van der Waals surface area contributed by atoms with Gasteiger partial charge in [-0.15, -0.1) is 11.3 Å². The zero-order chi connectivity index (χ0) is 20.4. The number of carbonyl (C=O) groups is 1. The van der Waals surface area contributed by atoms with Crippen LogP contribution in [-0.2, 0) is 11.3 Å². The summed E-state index contributed by atoms with van der Waals surface area (Å²) >= 11 is 6.75. The van der Waals surface area contributed by atoms with E-state index in [0.717, 1.165) is 22.6 Å². The number of rotatable bonds is 9. The number of hydrogen-bond acceptors (Lipinski definition) is 5. The molecule has 0 spiro atoms. The summed E-state index contributed by atoms with van der Waals surface area (Å²) in [4.78, 5) is 12.9. The van der Waals surface area contributed by atoms with Crippen molar-refractivity contribution in [1.82, 2.24) is 10.6 Å². The van der Waals surface area contributed by atoms with Crippen molar-refractivity contribution in [3.63, 3.8) is 0 Å². The molecule has 0 saturated heterocycles. The number of thiophene rings is 1. The van der Waals surface area contributed by atoms with E-state index in [0.29, 0.717) is 24.8 Å². The normalized spacial score (nSPS) is 10.9. The molecule has 0 bridgehead atoms. The number of ether oxygens (including phenoxy) is 2. The van der Waals surface area contributed by atoms with E-state index in [9.17, 15) is 4.79 Å². The van der Waals surface area contributed by atoms with Crippen LogP contribution in [0, 0.1) is 5.92 Å². The molecule has 5 nitrogen and oxygen atoms in total. The Morgan fingerprint density at radius 3 is 2.79 bits per heavy atom. The Morgan fingerprint density at radius 2 is 2.11 bits per heavy atom. The van der Waals surface area contributed by atoms with Crippen molar-refractivity contribution in [2.24, 2.45) is 5.92 Å². The Hall–Kier alpha value is -2.38. The van der Waals surface area contributed by atoms with Crippen LogP contribution in [0.4, 0.5) is 0 Å². The van der Waals surface area contributed by atoms with E-state index in [4.69, 9.17) is 21.7 Å². The summed E-state index contributed by atoms with van der Waals surface area (Å²) < 4.78 is 11.2. The summed E-state index contributed by atoms with van der Waals surface area (Å²) in [6, 6.07) is 9.61. The van der Waals surface area contributed by atoms with Crippen molar-refractivity contribution in [3.05, 3.63) is 52.2 Å². The van der Waals surface area contributed by atoms with Crippen LogP contribution in [0.15, 0.2) is 41.8 Å². The van der Waals surface area contributed by atoms with Crippen LogP contribution in [-0.4, -0.2) is 24.7 Å². The predicted molar refractivity (Wildman–Crippen MR) is 119 cm³/mol. The van der Waals surface area contributed by atoms with Crippen LogP contribution < -0.4 is 20.1 Å². The van der Waals surface area contributed by atoms with Gasteiger partial charge in [0.05, 0.1) is 13.7 Å². The van der Waals surface area contributed by atoms with Gasteiger partial charge in [-0.25, -0.2) is 0 Å². The van der Waals surface area contributed by atoms with Gasteiger partial charge in [0.2, 0.25) is 5.91 Å². The maximum absolute atomic E-state index is 11.9. The number of methoxy groups -OCH3 is 1. The fourth-order valence-corrected chi connectivity index (χ4v) is 3.06. The zero-order valence-electron chi connectivity index (χ0n) is 16.4. The average Bonchev–Trinajstić information content (AvgIpc) is 3.18. The Morgan fingerprint density at radius 1 is 1.29 bits per heavy atom. The van der Waals surface area contributed by atoms with Crippen molar-refractivity contribution < 1.29 is 14.3 Å². The maximum atomic E-state index is 11.9. The largest absolute Gasteiger partial charge is 0.493 e. The third-order valence-electron chi connectivity index (χ3n) is 3.81. The fourth-order valence-electron chi connectivity index (χ4n) is 2.27. The molecule has 1 heterocycles. The first kappa shape index (κ1) is 21.9. The van der Waals surface area contributed by atoms with Crippen LogP contribution in [0.1, 0.15) is 30.7 Å². The van der Waals surface area contributed by atoms with E-state index >= 15 is 0 Å². The molecule has 0 aliphatic heterocycles. The Balaban J connectivity index is 1.82. The van der Waals surface area contributed by atoms with Crippen LogP contribution >= 0.6 is 23.6 Å². The minimum Gasteiger partial charge on any atom is -0.493 e. The molecule has 2 aromatic rings. The maximum Gasteiger partial charge on any atom is 0.250 e. The molecule has 150 valence electrons. The highest BCUT2D eigenvalue weighted by Crippen LogP contribution is 2.28. The summed E-state index contributed by atoms with van der Waals surface area (Å²) in [6.07, 6.45) is 4.21. The van der Waals surface area contributed by atoms with Gasteiger partial charge in [0.25, 0.3) is 0 Å². The molecule has 0 saturated carbocycles. The summed E-state index contributed by atoms with van der Waals surface area (Å²) in [5.74, 6) is 1.72. The topological polar surface area (TPSA) is 59.6 Å². The fraction of sp³-hybridized carbons (Fsp3) is 0.333. The lowest BCUT2D eigenvalue weighted by atomic mass is 10.1. The van der Waals surface area contributed by atoms with E-state index in [1.807, 2.05) is 35.7 Å². The quantitative estimate of drug-likeness (QED) is 0.467. The highest BCUT2D eigenvalue weighted by molar-refractivity contribution is 7.80. The number of thiocarbonyl (C=S) groups is 1. The molecule has 28 heavy (non-hydrogen) atoms. The minimum atomic E-state index is -0.266. The standard InChI is InChI=1S/C21H26N2O3S2/c1-15(2)10-11-26-18-8-6-16(13-19(18)25-3)14-22-21(27)23-20(24)9-7-17-5-4-12-28-17/h4-9,12-13,15H,10-11,14H2,1-3H3,(H2,22,23,24,27)/b9-7+. The van der Waals surface area contributed by atoms with Gasteiger partial charge in [-0.2, -0.15) is 0 Å². The highest BCUT2D eigenvalue weighted by Gasteiger charge is 2.07. The van der Waals surface area contributed by atoms with Crippen molar-refractivity contribution >= 4 is 40.7 Å². The SMILES string of the molecule is COc1cc(CNC(=S)NC(=O)/C=C/c2cccs2)ccc1OCCC(C)C. The van der Waals surface area contributed by atoms with Gasteiger partial charge in [-0.05, 0) is 59.8 Å². The van der Waals surface area contributed by atoms with Gasteiger partial charge in [0.1, 0.15) is 0 Å². The molecule has 0 aliphatic rings. The Kier molecular flexibility index (Phi) is 8.97. The smallest absolute Gasteiger partial charge is 0.250 e. The van der Waals surface area contributed by atoms with Crippen LogP contribution in [0.3, 0.4) is 0 Å². The predicted octanol–water partition coefficient (Wildman–Crippen LogP) is 4.39. The summed E-state index contributed by atoms with van der Waals surface area (Å²) in [5, 5.41) is 7.89. The molecule has 2 rings (SSSR count). The molecule has 1 amide bonds. The lowest BCUT2D eigenvalue weighted by Crippen LogP contribution is -2.37. The molecule has 2 N–H and O–H groups in total. The van der Waals surface area contributed by atoms with Crippen molar-refractivity contribution in [3.8, 4) is 11.5 Å². The first-order valence-corrected chi connectivity index (χ1v) is 10.4. The number of hydrogen-bond donors (Lipinski definition) is 2. The monoisotopic (exact) mass is 418 g/mol. The molecule has 0 atom stereocenters. The number of carbonyl (C=O) groups excluding carboxylic acids is 1. The van der Waals surface area contributed by atoms with Crippen LogP contribution in [0.2, 0.25) is 0 Å². The van der Waals surface area contributed by atoms with Gasteiger partial charge in [-0.3, -0.25) is 10.1 Å². The molecule has 0 unspecified atom stereocenters.